The fraction of sp³-hybridized carbons (Fsp3) is 0.682. The Bertz CT molecular complexity index is 692. The minimum Gasteiger partial charge on any atom is -0.381 e. The first-order valence-corrected chi connectivity index (χ1v) is 11.4. The minimum atomic E-state index is 0.212. The van der Waals surface area contributed by atoms with Crippen molar-refractivity contribution in [2.24, 2.45) is 4.99 Å². The number of halogens is 1. The number of aliphatic imine (C=N–C) groups is 1. The van der Waals surface area contributed by atoms with Crippen LogP contribution in [0.4, 0.5) is 5.69 Å². The van der Waals surface area contributed by atoms with Gasteiger partial charge in [0.05, 0.1) is 10.7 Å². The van der Waals surface area contributed by atoms with E-state index in [0.717, 1.165) is 75.4 Å². The molecule has 160 valence electrons. The lowest BCUT2D eigenvalue weighted by atomic mass is 9.88. The molecule has 1 aromatic rings. The molecule has 3 fully saturated rings. The number of rotatable bonds is 4. The Kier molecular flexibility index (Phi) is 6.83. The van der Waals surface area contributed by atoms with Gasteiger partial charge < -0.3 is 19.9 Å². The highest BCUT2D eigenvalue weighted by atomic mass is 35.5. The Morgan fingerprint density at radius 2 is 1.76 bits per heavy atom. The summed E-state index contributed by atoms with van der Waals surface area (Å²) in [5, 5.41) is 4.56. The first kappa shape index (κ1) is 20.8. The minimum absolute atomic E-state index is 0.212. The zero-order chi connectivity index (χ0) is 20.1. The van der Waals surface area contributed by atoms with Crippen LogP contribution in [0.3, 0.4) is 0 Å². The fourth-order valence-electron chi connectivity index (χ4n) is 4.99. The van der Waals surface area contributed by atoms with E-state index in [1.54, 1.807) is 0 Å². The highest BCUT2D eigenvalue weighted by molar-refractivity contribution is 6.33. The summed E-state index contributed by atoms with van der Waals surface area (Å²) in [7, 11) is 1.90. The van der Waals surface area contributed by atoms with Gasteiger partial charge in [-0.25, -0.2) is 0 Å². The molecule has 3 aliphatic rings. The number of hydrogen-bond donors (Lipinski definition) is 1. The lowest BCUT2D eigenvalue weighted by Gasteiger charge is -2.45. The fourth-order valence-corrected chi connectivity index (χ4v) is 5.25. The number of nitrogens with zero attached hydrogens (tertiary/aromatic N) is 4. The first-order valence-electron chi connectivity index (χ1n) is 11.0. The van der Waals surface area contributed by atoms with Gasteiger partial charge in [-0.05, 0) is 50.9 Å². The van der Waals surface area contributed by atoms with Crippen molar-refractivity contribution in [2.75, 3.05) is 71.0 Å². The molecule has 0 radical (unpaired) electrons. The van der Waals surface area contributed by atoms with Crippen LogP contribution < -0.4 is 10.2 Å². The maximum absolute atomic E-state index is 6.39. The summed E-state index contributed by atoms with van der Waals surface area (Å²) in [6, 6.07) is 8.12. The molecule has 3 aliphatic heterocycles. The van der Waals surface area contributed by atoms with Gasteiger partial charge in [0.2, 0.25) is 0 Å². The van der Waals surface area contributed by atoms with Crippen LogP contribution in [-0.4, -0.2) is 87.4 Å². The van der Waals surface area contributed by atoms with Gasteiger partial charge in [-0.3, -0.25) is 9.89 Å². The zero-order valence-corrected chi connectivity index (χ0v) is 18.3. The molecule has 0 atom stereocenters. The Morgan fingerprint density at radius 3 is 2.41 bits per heavy atom. The number of anilines is 1. The second-order valence-corrected chi connectivity index (χ2v) is 8.76. The van der Waals surface area contributed by atoms with Crippen molar-refractivity contribution < 1.29 is 4.74 Å². The molecule has 7 heteroatoms. The summed E-state index contributed by atoms with van der Waals surface area (Å²) in [5.74, 6) is 1.02. The quantitative estimate of drug-likeness (QED) is 0.600. The Morgan fingerprint density at radius 1 is 1.07 bits per heavy atom. The van der Waals surface area contributed by atoms with Crippen molar-refractivity contribution in [3.8, 4) is 0 Å². The highest BCUT2D eigenvalue weighted by Gasteiger charge is 2.40. The van der Waals surface area contributed by atoms with Crippen LogP contribution in [0.1, 0.15) is 25.7 Å². The number of guanidine groups is 1. The summed E-state index contributed by atoms with van der Waals surface area (Å²) < 4.78 is 5.69. The Hall–Kier alpha value is -1.50. The van der Waals surface area contributed by atoms with Crippen molar-refractivity contribution >= 4 is 23.2 Å². The molecule has 0 bridgehead atoms. The van der Waals surface area contributed by atoms with Gasteiger partial charge in [0.25, 0.3) is 0 Å². The molecule has 0 unspecified atom stereocenters. The normalized spacial score (nSPS) is 23.4. The van der Waals surface area contributed by atoms with Crippen LogP contribution in [-0.2, 0) is 4.74 Å². The zero-order valence-electron chi connectivity index (χ0n) is 17.6. The average Bonchev–Trinajstić information content (AvgIpc) is 3.32. The monoisotopic (exact) mass is 419 g/mol. The molecule has 3 saturated heterocycles. The third-order valence-corrected chi connectivity index (χ3v) is 7.08. The number of para-hydroxylation sites is 1. The SMILES string of the molecule is CN=C(NCC1(N2CCCC2)CCOCC1)N1CCN(c2ccccc2Cl)CC1. The number of hydrogen-bond acceptors (Lipinski definition) is 4. The van der Waals surface area contributed by atoms with E-state index in [4.69, 9.17) is 16.3 Å². The van der Waals surface area contributed by atoms with Crippen LogP contribution in [0.2, 0.25) is 5.02 Å². The summed E-state index contributed by atoms with van der Waals surface area (Å²) in [6.07, 6.45) is 4.86. The van der Waals surface area contributed by atoms with E-state index in [1.807, 2.05) is 19.2 Å². The van der Waals surface area contributed by atoms with Crippen LogP contribution in [0.15, 0.2) is 29.3 Å². The van der Waals surface area contributed by atoms with Gasteiger partial charge in [0.1, 0.15) is 0 Å². The van der Waals surface area contributed by atoms with E-state index in [9.17, 15) is 0 Å². The Balaban J connectivity index is 1.35. The van der Waals surface area contributed by atoms with Crippen molar-refractivity contribution in [2.45, 2.75) is 31.2 Å². The molecule has 0 amide bonds. The van der Waals surface area contributed by atoms with E-state index in [0.29, 0.717) is 0 Å². The van der Waals surface area contributed by atoms with E-state index in [-0.39, 0.29) is 5.54 Å². The summed E-state index contributed by atoms with van der Waals surface area (Å²) >= 11 is 6.39. The number of benzene rings is 1. The smallest absolute Gasteiger partial charge is 0.193 e. The second kappa shape index (κ2) is 9.54. The maximum atomic E-state index is 6.39. The standard InChI is InChI=1S/C22H34ClN5O/c1-24-21(25-18-22(8-16-29-17-9-22)28-10-4-5-11-28)27-14-12-26(13-15-27)20-7-3-2-6-19(20)23/h2-3,6-7H,4-5,8-18H2,1H3,(H,24,25). The molecule has 3 heterocycles. The molecule has 0 spiro atoms. The summed E-state index contributed by atoms with van der Waals surface area (Å²) in [6.45, 7) is 8.93. The van der Waals surface area contributed by atoms with Crippen LogP contribution in [0.5, 0.6) is 0 Å². The van der Waals surface area contributed by atoms with Crippen LogP contribution in [0, 0.1) is 0 Å². The number of likely N-dealkylation sites (tertiary alicyclic amines) is 1. The van der Waals surface area contributed by atoms with Gasteiger partial charge in [0.15, 0.2) is 5.96 Å². The highest BCUT2D eigenvalue weighted by Crippen LogP contribution is 2.31. The molecule has 4 rings (SSSR count). The molecule has 6 nitrogen and oxygen atoms in total. The molecule has 0 aliphatic carbocycles. The van der Waals surface area contributed by atoms with Crippen LogP contribution in [0.25, 0.3) is 0 Å². The molecular formula is C22H34ClN5O. The lowest BCUT2D eigenvalue weighted by Crippen LogP contribution is -2.60. The third kappa shape index (κ3) is 4.65. The summed E-state index contributed by atoms with van der Waals surface area (Å²) in [5.41, 5.74) is 1.34. The molecular weight excluding hydrogens is 386 g/mol. The van der Waals surface area contributed by atoms with Gasteiger partial charge in [-0.15, -0.1) is 0 Å². The molecule has 0 aromatic heterocycles. The largest absolute Gasteiger partial charge is 0.381 e. The van der Waals surface area contributed by atoms with Crippen molar-refractivity contribution in [3.05, 3.63) is 29.3 Å². The van der Waals surface area contributed by atoms with Gasteiger partial charge in [0, 0.05) is 58.5 Å². The van der Waals surface area contributed by atoms with Gasteiger partial charge in [-0.1, -0.05) is 23.7 Å². The predicted molar refractivity (Wildman–Crippen MR) is 120 cm³/mol. The first-order chi connectivity index (χ1) is 14.2. The van der Waals surface area contributed by atoms with E-state index >= 15 is 0 Å². The number of nitrogens with one attached hydrogen (secondary N) is 1. The molecule has 29 heavy (non-hydrogen) atoms. The number of piperazine rings is 1. The topological polar surface area (TPSA) is 43.3 Å². The predicted octanol–water partition coefficient (Wildman–Crippen LogP) is 2.68. The average molecular weight is 420 g/mol. The lowest BCUT2D eigenvalue weighted by molar-refractivity contribution is -0.0166. The van der Waals surface area contributed by atoms with Crippen LogP contribution >= 0.6 is 11.6 Å². The Labute approximate surface area is 179 Å². The van der Waals surface area contributed by atoms with E-state index in [1.165, 1.54) is 25.9 Å². The van der Waals surface area contributed by atoms with Gasteiger partial charge >= 0.3 is 0 Å². The third-order valence-electron chi connectivity index (χ3n) is 6.76. The van der Waals surface area contributed by atoms with Crippen molar-refractivity contribution in [3.63, 3.8) is 0 Å². The number of ether oxygens (including phenoxy) is 1. The van der Waals surface area contributed by atoms with Gasteiger partial charge in [-0.2, -0.15) is 0 Å². The van der Waals surface area contributed by atoms with Crippen molar-refractivity contribution in [1.29, 1.82) is 0 Å². The molecule has 1 N–H and O–H groups in total. The summed E-state index contributed by atoms with van der Waals surface area (Å²) in [4.78, 5) is 12.1. The maximum Gasteiger partial charge on any atom is 0.193 e. The van der Waals surface area contributed by atoms with E-state index in [2.05, 4.69) is 37.1 Å². The molecule has 0 saturated carbocycles. The molecule has 1 aromatic carbocycles. The van der Waals surface area contributed by atoms with Crippen molar-refractivity contribution in [1.82, 2.24) is 15.1 Å². The second-order valence-electron chi connectivity index (χ2n) is 8.36. The van der Waals surface area contributed by atoms with E-state index < -0.39 is 0 Å².